The van der Waals surface area contributed by atoms with Crippen LogP contribution in [0.25, 0.3) is 0 Å². The normalized spacial score (nSPS) is 21.2. The number of rotatable bonds is 6. The van der Waals surface area contributed by atoms with Gasteiger partial charge in [0.1, 0.15) is 6.04 Å². The number of carbonyl (C=O) groups is 3. The van der Waals surface area contributed by atoms with Crippen LogP contribution in [0, 0.1) is 0 Å². The van der Waals surface area contributed by atoms with E-state index in [-0.39, 0.29) is 0 Å². The first-order valence-corrected chi connectivity index (χ1v) is 5.43. The van der Waals surface area contributed by atoms with Gasteiger partial charge in [-0.05, 0) is 25.9 Å². The molecule has 1 rings (SSSR count). The van der Waals surface area contributed by atoms with E-state index in [1.807, 2.05) is 0 Å². The number of hydrogen-bond donors (Lipinski definition) is 4. The minimum Gasteiger partial charge on any atom is -0.481 e. The van der Waals surface area contributed by atoms with Crippen molar-refractivity contribution in [2.24, 2.45) is 0 Å². The first-order chi connectivity index (χ1) is 8.29. The van der Waals surface area contributed by atoms with Crippen LogP contribution in [-0.2, 0) is 14.4 Å². The summed E-state index contributed by atoms with van der Waals surface area (Å²) >= 11 is 0. The second-order valence-corrected chi connectivity index (χ2v) is 4.28. The molecule has 8 nitrogen and oxygen atoms in total. The van der Waals surface area contributed by atoms with Crippen molar-refractivity contribution in [1.29, 1.82) is 0 Å². The Bertz CT molecular complexity index is 363. The molecular weight excluding hydrogens is 246 g/mol. The number of aliphatic hydroxyl groups is 1. The number of nitrogens with zero attached hydrogens (tertiary/aromatic N) is 1. The van der Waals surface area contributed by atoms with E-state index in [4.69, 9.17) is 15.3 Å². The Morgan fingerprint density at radius 3 is 1.94 bits per heavy atom. The topological polar surface area (TPSA) is 135 Å². The van der Waals surface area contributed by atoms with Gasteiger partial charge in [0.25, 0.3) is 0 Å². The van der Waals surface area contributed by atoms with Crippen LogP contribution >= 0.6 is 0 Å². The van der Waals surface area contributed by atoms with Crippen LogP contribution in [-0.4, -0.2) is 68.0 Å². The molecule has 0 aromatic heterocycles. The molecule has 0 aromatic carbocycles. The summed E-state index contributed by atoms with van der Waals surface area (Å²) in [6.45, 7) is 0.651. The van der Waals surface area contributed by atoms with Gasteiger partial charge in [-0.1, -0.05) is 0 Å². The summed E-state index contributed by atoms with van der Waals surface area (Å²) in [5.41, 5.74) is -2.83. The number of hydrogen-bond acceptors (Lipinski definition) is 5. The lowest BCUT2D eigenvalue weighted by Crippen LogP contribution is -2.61. The summed E-state index contributed by atoms with van der Waals surface area (Å²) in [6.07, 6.45) is 0.217. The van der Waals surface area contributed by atoms with Gasteiger partial charge in [0.15, 0.2) is 5.60 Å². The van der Waals surface area contributed by atoms with Crippen molar-refractivity contribution in [1.82, 2.24) is 4.90 Å². The zero-order chi connectivity index (χ0) is 13.9. The highest BCUT2D eigenvalue weighted by Crippen LogP contribution is 2.25. The SMILES string of the molecule is O=C(O)CC(O)(C(=O)O)C(C(=O)O)N1CCCC1. The van der Waals surface area contributed by atoms with E-state index < -0.39 is 36.0 Å². The maximum absolute atomic E-state index is 11.2. The Labute approximate surface area is 102 Å². The molecule has 1 heterocycles. The monoisotopic (exact) mass is 261 g/mol. The summed E-state index contributed by atoms with van der Waals surface area (Å²) in [6, 6.07) is -1.76. The van der Waals surface area contributed by atoms with Crippen LogP contribution in [0.2, 0.25) is 0 Å². The largest absolute Gasteiger partial charge is 0.481 e. The van der Waals surface area contributed by atoms with E-state index in [0.29, 0.717) is 25.9 Å². The van der Waals surface area contributed by atoms with Crippen LogP contribution in [0.3, 0.4) is 0 Å². The molecule has 0 radical (unpaired) electrons. The molecule has 0 amide bonds. The van der Waals surface area contributed by atoms with Crippen molar-refractivity contribution >= 4 is 17.9 Å². The molecule has 0 aromatic rings. The predicted octanol–water partition coefficient (Wildman–Crippen LogP) is -1.17. The number of carboxylic acids is 3. The minimum atomic E-state index is -2.83. The molecule has 1 aliphatic heterocycles. The third kappa shape index (κ3) is 2.77. The summed E-state index contributed by atoms with van der Waals surface area (Å²) in [5.74, 6) is -4.95. The first-order valence-electron chi connectivity index (χ1n) is 5.43. The molecule has 0 saturated carbocycles. The van der Waals surface area contributed by atoms with E-state index in [9.17, 15) is 19.5 Å². The Morgan fingerprint density at radius 2 is 1.61 bits per heavy atom. The summed E-state index contributed by atoms with van der Waals surface area (Å²) in [5, 5.41) is 36.6. The second kappa shape index (κ2) is 5.32. The first kappa shape index (κ1) is 14.4. The third-order valence-corrected chi connectivity index (χ3v) is 2.98. The molecule has 102 valence electrons. The Kier molecular flexibility index (Phi) is 4.25. The second-order valence-electron chi connectivity index (χ2n) is 4.28. The fraction of sp³-hybridized carbons (Fsp3) is 0.700. The fourth-order valence-electron chi connectivity index (χ4n) is 2.18. The average Bonchev–Trinajstić information content (AvgIpc) is 2.68. The molecule has 0 spiro atoms. The number of aliphatic carboxylic acids is 3. The van der Waals surface area contributed by atoms with Gasteiger partial charge in [-0.3, -0.25) is 14.5 Å². The molecule has 1 saturated heterocycles. The molecule has 1 aliphatic rings. The molecule has 1 fully saturated rings. The maximum Gasteiger partial charge on any atom is 0.338 e. The molecule has 0 aliphatic carbocycles. The van der Waals surface area contributed by atoms with Gasteiger partial charge in [0, 0.05) is 0 Å². The Balaban J connectivity index is 3.08. The molecule has 8 heteroatoms. The molecule has 2 atom stereocenters. The van der Waals surface area contributed by atoms with E-state index >= 15 is 0 Å². The summed E-state index contributed by atoms with van der Waals surface area (Å²) in [4.78, 5) is 34.1. The van der Waals surface area contributed by atoms with E-state index in [1.165, 1.54) is 4.90 Å². The van der Waals surface area contributed by atoms with E-state index in [0.717, 1.165) is 0 Å². The van der Waals surface area contributed by atoms with Gasteiger partial charge in [0.2, 0.25) is 0 Å². The quantitative estimate of drug-likeness (QED) is 0.469. The Hall–Kier alpha value is -1.67. The van der Waals surface area contributed by atoms with Crippen LogP contribution < -0.4 is 0 Å². The minimum absolute atomic E-state index is 0.326. The summed E-state index contributed by atoms with van der Waals surface area (Å²) in [7, 11) is 0. The van der Waals surface area contributed by atoms with E-state index in [2.05, 4.69) is 0 Å². The van der Waals surface area contributed by atoms with Crippen molar-refractivity contribution in [2.45, 2.75) is 30.9 Å². The predicted molar refractivity (Wildman–Crippen MR) is 57.1 cm³/mol. The van der Waals surface area contributed by atoms with Crippen molar-refractivity contribution in [3.05, 3.63) is 0 Å². The van der Waals surface area contributed by atoms with Crippen LogP contribution in [0.1, 0.15) is 19.3 Å². The molecular formula is C10H15NO7. The van der Waals surface area contributed by atoms with Gasteiger partial charge in [-0.15, -0.1) is 0 Å². The van der Waals surface area contributed by atoms with Gasteiger partial charge in [-0.2, -0.15) is 0 Å². The van der Waals surface area contributed by atoms with Crippen LogP contribution in [0.4, 0.5) is 0 Å². The van der Waals surface area contributed by atoms with Crippen molar-refractivity contribution < 1.29 is 34.8 Å². The van der Waals surface area contributed by atoms with Gasteiger partial charge in [0.05, 0.1) is 6.42 Å². The highest BCUT2D eigenvalue weighted by molar-refractivity contribution is 5.91. The van der Waals surface area contributed by atoms with Crippen LogP contribution in [0.5, 0.6) is 0 Å². The molecule has 0 bridgehead atoms. The zero-order valence-corrected chi connectivity index (χ0v) is 9.57. The highest BCUT2D eigenvalue weighted by Gasteiger charge is 2.53. The molecule has 2 unspecified atom stereocenters. The fourth-order valence-corrected chi connectivity index (χ4v) is 2.18. The molecule has 18 heavy (non-hydrogen) atoms. The van der Waals surface area contributed by atoms with Gasteiger partial charge < -0.3 is 20.4 Å². The Morgan fingerprint density at radius 1 is 1.11 bits per heavy atom. The molecule has 4 N–H and O–H groups in total. The lowest BCUT2D eigenvalue weighted by molar-refractivity contribution is -0.180. The lowest BCUT2D eigenvalue weighted by atomic mass is 9.89. The smallest absolute Gasteiger partial charge is 0.338 e. The zero-order valence-electron chi connectivity index (χ0n) is 9.57. The van der Waals surface area contributed by atoms with Crippen molar-refractivity contribution in [2.75, 3.05) is 13.1 Å². The average molecular weight is 261 g/mol. The van der Waals surface area contributed by atoms with Gasteiger partial charge in [-0.25, -0.2) is 4.79 Å². The standard InChI is InChI=1S/C10H15NO7/c12-6(13)5-10(18,9(16)17)7(8(14)15)11-3-1-2-4-11/h7,18H,1-5H2,(H,12,13)(H,14,15)(H,16,17). The van der Waals surface area contributed by atoms with Crippen molar-refractivity contribution in [3.8, 4) is 0 Å². The lowest BCUT2D eigenvalue weighted by Gasteiger charge is -2.34. The third-order valence-electron chi connectivity index (χ3n) is 2.98. The van der Waals surface area contributed by atoms with E-state index in [1.54, 1.807) is 0 Å². The van der Waals surface area contributed by atoms with Crippen molar-refractivity contribution in [3.63, 3.8) is 0 Å². The van der Waals surface area contributed by atoms with Gasteiger partial charge >= 0.3 is 17.9 Å². The summed E-state index contributed by atoms with van der Waals surface area (Å²) < 4.78 is 0. The highest BCUT2D eigenvalue weighted by atomic mass is 16.4. The number of carboxylic acid groups (broad SMARTS) is 3. The maximum atomic E-state index is 11.2. The number of likely N-dealkylation sites (tertiary alicyclic amines) is 1. The van der Waals surface area contributed by atoms with Crippen LogP contribution in [0.15, 0.2) is 0 Å².